The minimum Gasteiger partial charge on any atom is -0.436 e. The second kappa shape index (κ2) is 8.28. The summed E-state index contributed by atoms with van der Waals surface area (Å²) >= 11 is 0. The molecule has 0 atom stereocenters. The lowest BCUT2D eigenvalue weighted by Crippen LogP contribution is -2.12. The van der Waals surface area contributed by atoms with Gasteiger partial charge in [0, 0.05) is 5.56 Å². The van der Waals surface area contributed by atoms with E-state index < -0.39 is 0 Å². The van der Waals surface area contributed by atoms with E-state index in [4.69, 9.17) is 4.42 Å². The summed E-state index contributed by atoms with van der Waals surface area (Å²) in [5.74, 6) is 0.310. The van der Waals surface area contributed by atoms with E-state index >= 15 is 0 Å². The fourth-order valence-corrected chi connectivity index (χ4v) is 3.57. The summed E-state index contributed by atoms with van der Waals surface area (Å²) in [6, 6.07) is 33.1. The number of hydrogen-bond acceptors (Lipinski definition) is 3. The molecule has 1 amide bonds. The predicted octanol–water partition coefficient (Wildman–Crippen LogP) is 6.34. The number of hydrogen-bond donors (Lipinski definition) is 1. The molecule has 1 N–H and O–H groups in total. The van der Waals surface area contributed by atoms with Gasteiger partial charge in [0.1, 0.15) is 5.52 Å². The highest BCUT2D eigenvalue weighted by Crippen LogP contribution is 2.30. The summed E-state index contributed by atoms with van der Waals surface area (Å²) in [5.41, 5.74) is 5.91. The number of rotatable bonds is 5. The van der Waals surface area contributed by atoms with E-state index in [1.54, 1.807) is 0 Å². The summed E-state index contributed by atoms with van der Waals surface area (Å²) in [6.45, 7) is 0. The molecular weight excluding hydrogens is 384 g/mol. The number of carbonyl (C=O) groups is 1. The molecule has 0 fully saturated rings. The largest absolute Gasteiger partial charge is 0.436 e. The zero-order chi connectivity index (χ0) is 21.0. The highest BCUT2D eigenvalue weighted by molar-refractivity contribution is 6.06. The van der Waals surface area contributed by atoms with Gasteiger partial charge in [-0.3, -0.25) is 4.79 Å². The van der Waals surface area contributed by atoms with Crippen LogP contribution >= 0.6 is 0 Å². The molecule has 5 aromatic rings. The Kier molecular flexibility index (Phi) is 5.03. The lowest BCUT2D eigenvalue weighted by Gasteiger charge is -2.09. The van der Waals surface area contributed by atoms with Crippen molar-refractivity contribution in [3.63, 3.8) is 0 Å². The van der Waals surface area contributed by atoms with Crippen LogP contribution in [0.5, 0.6) is 0 Å². The molecule has 0 aliphatic rings. The number of fused-ring (bicyclic) bond motifs is 1. The predicted molar refractivity (Wildman–Crippen MR) is 123 cm³/mol. The summed E-state index contributed by atoms with van der Waals surface area (Å²) < 4.78 is 5.89. The molecule has 0 spiro atoms. The lowest BCUT2D eigenvalue weighted by atomic mass is 10.0. The fraction of sp³-hybridized carbons (Fsp3) is 0.0370. The summed E-state index contributed by atoms with van der Waals surface area (Å²) in [5, 5.41) is 3.00. The van der Waals surface area contributed by atoms with Gasteiger partial charge in [0.05, 0.1) is 11.3 Å². The summed E-state index contributed by atoms with van der Waals surface area (Å²) in [4.78, 5) is 17.4. The minimum absolute atomic E-state index is 0.171. The van der Waals surface area contributed by atoms with Crippen molar-refractivity contribution < 1.29 is 9.21 Å². The van der Waals surface area contributed by atoms with E-state index in [1.165, 1.54) is 5.56 Å². The monoisotopic (exact) mass is 404 g/mol. The van der Waals surface area contributed by atoms with Gasteiger partial charge in [0.15, 0.2) is 5.58 Å². The molecule has 31 heavy (non-hydrogen) atoms. The molecule has 0 aliphatic carbocycles. The van der Waals surface area contributed by atoms with Crippen molar-refractivity contribution in [2.24, 2.45) is 0 Å². The first-order valence-corrected chi connectivity index (χ1v) is 10.2. The van der Waals surface area contributed by atoms with Crippen molar-refractivity contribution in [1.82, 2.24) is 4.98 Å². The van der Waals surface area contributed by atoms with E-state index in [9.17, 15) is 4.79 Å². The van der Waals surface area contributed by atoms with Crippen LogP contribution in [0.3, 0.4) is 0 Å². The molecule has 1 aromatic heterocycles. The zero-order valence-electron chi connectivity index (χ0n) is 16.8. The van der Waals surface area contributed by atoms with Crippen molar-refractivity contribution in [2.45, 2.75) is 6.42 Å². The molecule has 1 heterocycles. The van der Waals surface area contributed by atoms with Gasteiger partial charge in [-0.1, -0.05) is 66.7 Å². The van der Waals surface area contributed by atoms with Gasteiger partial charge in [0.2, 0.25) is 5.89 Å². The van der Waals surface area contributed by atoms with Gasteiger partial charge >= 0.3 is 0 Å². The van der Waals surface area contributed by atoms with Crippen LogP contribution in [-0.2, 0) is 6.42 Å². The number of benzene rings is 4. The van der Waals surface area contributed by atoms with E-state index in [1.807, 2.05) is 91.0 Å². The van der Waals surface area contributed by atoms with E-state index in [-0.39, 0.29) is 5.91 Å². The smallest absolute Gasteiger partial charge is 0.255 e. The highest BCUT2D eigenvalue weighted by Gasteiger charge is 2.14. The first-order chi connectivity index (χ1) is 15.3. The molecule has 0 saturated carbocycles. The second-order valence-electron chi connectivity index (χ2n) is 7.35. The maximum atomic E-state index is 12.9. The van der Waals surface area contributed by atoms with Crippen molar-refractivity contribution in [3.05, 3.63) is 120 Å². The molecular formula is C27H20N2O2. The quantitative estimate of drug-likeness (QED) is 0.372. The van der Waals surface area contributed by atoms with Crippen LogP contribution in [-0.4, -0.2) is 10.9 Å². The van der Waals surface area contributed by atoms with Gasteiger partial charge in [-0.25, -0.2) is 4.98 Å². The molecule has 0 unspecified atom stereocenters. The van der Waals surface area contributed by atoms with Crippen molar-refractivity contribution >= 4 is 22.7 Å². The molecule has 4 nitrogen and oxygen atoms in total. The third-order valence-corrected chi connectivity index (χ3v) is 5.17. The van der Waals surface area contributed by atoms with Crippen molar-refractivity contribution in [1.29, 1.82) is 0 Å². The van der Waals surface area contributed by atoms with E-state index in [0.717, 1.165) is 23.1 Å². The number of nitrogens with zero attached hydrogens (tertiary/aromatic N) is 1. The van der Waals surface area contributed by atoms with Crippen LogP contribution < -0.4 is 5.32 Å². The van der Waals surface area contributed by atoms with Gasteiger partial charge in [-0.05, 0) is 53.9 Å². The van der Waals surface area contributed by atoms with Crippen LogP contribution in [0.2, 0.25) is 0 Å². The maximum Gasteiger partial charge on any atom is 0.255 e. The standard InChI is InChI=1S/C27H20N2O2/c30-26(21-16-14-20(15-17-21)18-19-8-2-1-3-9-19)28-23-11-5-4-10-22(23)27-29-24-12-6-7-13-25(24)31-27/h1-17H,18H2,(H,28,30). The van der Waals surface area contributed by atoms with Gasteiger partial charge in [-0.2, -0.15) is 0 Å². The molecule has 0 saturated heterocycles. The Balaban J connectivity index is 1.36. The average molecular weight is 404 g/mol. The van der Waals surface area contributed by atoms with Gasteiger partial charge < -0.3 is 9.73 Å². The van der Waals surface area contributed by atoms with Gasteiger partial charge in [0.25, 0.3) is 5.91 Å². The zero-order valence-corrected chi connectivity index (χ0v) is 16.8. The Morgan fingerprint density at radius 3 is 2.23 bits per heavy atom. The van der Waals surface area contributed by atoms with Crippen LogP contribution in [0.4, 0.5) is 5.69 Å². The molecule has 150 valence electrons. The second-order valence-corrected chi connectivity index (χ2v) is 7.35. The number of anilines is 1. The van der Waals surface area contributed by atoms with Crippen LogP contribution in [0.15, 0.2) is 108 Å². The Morgan fingerprint density at radius 1 is 0.742 bits per heavy atom. The van der Waals surface area contributed by atoms with Gasteiger partial charge in [-0.15, -0.1) is 0 Å². The first kappa shape index (κ1) is 18.8. The SMILES string of the molecule is O=C(Nc1ccccc1-c1nc2ccccc2o1)c1ccc(Cc2ccccc2)cc1. The number of nitrogens with one attached hydrogen (secondary N) is 1. The van der Waals surface area contributed by atoms with Crippen LogP contribution in [0.1, 0.15) is 21.5 Å². The molecule has 4 heteroatoms. The van der Waals surface area contributed by atoms with E-state index in [2.05, 4.69) is 22.4 Å². The number of oxazole rings is 1. The van der Waals surface area contributed by atoms with Crippen molar-refractivity contribution in [2.75, 3.05) is 5.32 Å². The Labute approximate surface area is 180 Å². The summed E-state index contributed by atoms with van der Waals surface area (Å²) in [7, 11) is 0. The Bertz CT molecular complexity index is 1310. The van der Waals surface area contributed by atoms with Crippen LogP contribution in [0.25, 0.3) is 22.6 Å². The number of amides is 1. The first-order valence-electron chi connectivity index (χ1n) is 10.2. The van der Waals surface area contributed by atoms with E-state index in [0.29, 0.717) is 22.7 Å². The highest BCUT2D eigenvalue weighted by atomic mass is 16.3. The number of para-hydroxylation sites is 3. The van der Waals surface area contributed by atoms with Crippen LogP contribution in [0, 0.1) is 0 Å². The van der Waals surface area contributed by atoms with Crippen molar-refractivity contribution in [3.8, 4) is 11.5 Å². The topological polar surface area (TPSA) is 55.1 Å². The molecule has 5 rings (SSSR count). The third-order valence-electron chi connectivity index (χ3n) is 5.17. The minimum atomic E-state index is -0.171. The molecule has 0 aliphatic heterocycles. The average Bonchev–Trinajstić information content (AvgIpc) is 3.25. The normalized spacial score (nSPS) is 10.8. The lowest BCUT2D eigenvalue weighted by molar-refractivity contribution is 0.102. The number of aromatic nitrogens is 1. The molecule has 0 bridgehead atoms. The number of carbonyl (C=O) groups excluding carboxylic acids is 1. The Morgan fingerprint density at radius 2 is 1.42 bits per heavy atom. The Hall–Kier alpha value is -4.18. The maximum absolute atomic E-state index is 12.9. The fourth-order valence-electron chi connectivity index (χ4n) is 3.57. The summed E-state index contributed by atoms with van der Waals surface area (Å²) in [6.07, 6.45) is 0.837. The molecule has 4 aromatic carbocycles. The third kappa shape index (κ3) is 4.09. The molecule has 0 radical (unpaired) electrons.